The summed E-state index contributed by atoms with van der Waals surface area (Å²) in [5, 5.41) is 6.52. The summed E-state index contributed by atoms with van der Waals surface area (Å²) in [4.78, 5) is 6.83. The Morgan fingerprint density at radius 1 is 1.42 bits per heavy atom. The summed E-state index contributed by atoms with van der Waals surface area (Å²) >= 11 is 0. The molecule has 0 saturated carbocycles. The number of hydrogen-bond donors (Lipinski definition) is 2. The van der Waals surface area contributed by atoms with Crippen LogP contribution < -0.4 is 10.6 Å². The summed E-state index contributed by atoms with van der Waals surface area (Å²) < 4.78 is 0. The molecule has 4 nitrogen and oxygen atoms in total. The molecule has 1 fully saturated rings. The zero-order valence-corrected chi connectivity index (χ0v) is 12.2. The normalized spacial score (nSPS) is 20.2. The predicted molar refractivity (Wildman–Crippen MR) is 81.8 cm³/mol. The predicted octanol–water partition coefficient (Wildman–Crippen LogP) is 2.80. The van der Waals surface area contributed by atoms with E-state index in [9.17, 15) is 0 Å². The van der Waals surface area contributed by atoms with Crippen molar-refractivity contribution < 1.29 is 0 Å². The molecule has 1 atom stereocenters. The molecule has 1 aliphatic heterocycles. The first-order valence-electron chi connectivity index (χ1n) is 7.41. The van der Waals surface area contributed by atoms with Gasteiger partial charge in [-0.3, -0.25) is 0 Å². The minimum Gasteiger partial charge on any atom is -0.385 e. The first-order chi connectivity index (χ1) is 9.29. The molecule has 2 N–H and O–H groups in total. The average Bonchev–Trinajstić information content (AvgIpc) is 2.45. The van der Waals surface area contributed by atoms with Crippen molar-refractivity contribution in [3.05, 3.63) is 18.3 Å². The van der Waals surface area contributed by atoms with Crippen molar-refractivity contribution in [2.45, 2.75) is 38.6 Å². The Hall–Kier alpha value is -1.29. The number of nitrogens with one attached hydrogen (secondary N) is 2. The van der Waals surface area contributed by atoms with Crippen molar-refractivity contribution >= 4 is 11.5 Å². The third-order valence-electron chi connectivity index (χ3n) is 3.91. The Morgan fingerprint density at radius 2 is 2.32 bits per heavy atom. The van der Waals surface area contributed by atoms with Gasteiger partial charge in [0.15, 0.2) is 0 Å². The number of likely N-dealkylation sites (tertiary alicyclic amines) is 1. The third kappa shape index (κ3) is 4.39. The van der Waals surface area contributed by atoms with E-state index in [4.69, 9.17) is 0 Å². The summed E-state index contributed by atoms with van der Waals surface area (Å²) in [6.07, 6.45) is 7.17. The molecule has 2 rings (SSSR count). The molecular weight excluding hydrogens is 236 g/mol. The molecule has 4 heteroatoms. The minimum absolute atomic E-state index is 0.769. The maximum atomic E-state index is 4.21. The summed E-state index contributed by atoms with van der Waals surface area (Å²) in [7, 11) is 1.89. The van der Waals surface area contributed by atoms with Gasteiger partial charge in [-0.25, -0.2) is 4.98 Å². The second-order valence-electron chi connectivity index (χ2n) is 5.34. The van der Waals surface area contributed by atoms with E-state index < -0.39 is 0 Å². The number of piperidine rings is 1. The van der Waals surface area contributed by atoms with E-state index in [1.807, 2.05) is 25.4 Å². The molecule has 1 aromatic rings. The van der Waals surface area contributed by atoms with E-state index in [1.165, 1.54) is 38.8 Å². The summed E-state index contributed by atoms with van der Waals surface area (Å²) in [5.41, 5.74) is 1.14. The second-order valence-corrected chi connectivity index (χ2v) is 5.34. The minimum atomic E-state index is 0.769. The Kier molecular flexibility index (Phi) is 5.45. The first kappa shape index (κ1) is 14.1. The number of hydrogen-bond acceptors (Lipinski definition) is 4. The molecule has 1 saturated heterocycles. The van der Waals surface area contributed by atoms with Gasteiger partial charge < -0.3 is 15.5 Å². The van der Waals surface area contributed by atoms with E-state index >= 15 is 0 Å². The first-order valence-corrected chi connectivity index (χ1v) is 7.41. The van der Waals surface area contributed by atoms with Gasteiger partial charge in [0.2, 0.25) is 0 Å². The highest BCUT2D eigenvalue weighted by Crippen LogP contribution is 2.16. The van der Waals surface area contributed by atoms with Crippen LogP contribution in [0.4, 0.5) is 11.5 Å². The van der Waals surface area contributed by atoms with Crippen molar-refractivity contribution in [2.75, 3.05) is 37.3 Å². The van der Waals surface area contributed by atoms with Crippen LogP contribution in [0.15, 0.2) is 18.3 Å². The summed E-state index contributed by atoms with van der Waals surface area (Å²) in [5.74, 6) is 0.912. The summed E-state index contributed by atoms with van der Waals surface area (Å²) in [6.45, 7) is 5.86. The Bertz CT molecular complexity index is 380. The van der Waals surface area contributed by atoms with E-state index in [-0.39, 0.29) is 0 Å². The van der Waals surface area contributed by atoms with Gasteiger partial charge in [0.1, 0.15) is 5.82 Å². The Morgan fingerprint density at radius 3 is 3.11 bits per heavy atom. The van der Waals surface area contributed by atoms with Crippen LogP contribution in [0.2, 0.25) is 0 Å². The van der Waals surface area contributed by atoms with Crippen molar-refractivity contribution in [3.8, 4) is 0 Å². The molecule has 0 bridgehead atoms. The zero-order valence-electron chi connectivity index (χ0n) is 12.2. The lowest BCUT2D eigenvalue weighted by Crippen LogP contribution is -2.38. The Balaban J connectivity index is 1.68. The van der Waals surface area contributed by atoms with Crippen molar-refractivity contribution in [2.24, 2.45) is 0 Å². The van der Waals surface area contributed by atoms with Crippen LogP contribution in [-0.2, 0) is 0 Å². The van der Waals surface area contributed by atoms with E-state index in [0.29, 0.717) is 0 Å². The average molecular weight is 262 g/mol. The lowest BCUT2D eigenvalue weighted by molar-refractivity contribution is 0.160. The van der Waals surface area contributed by atoms with Gasteiger partial charge in [0.05, 0.1) is 0 Å². The largest absolute Gasteiger partial charge is 0.385 e. The number of pyridine rings is 1. The maximum Gasteiger partial charge on any atom is 0.127 e. The molecule has 0 radical (unpaired) electrons. The molecular formula is C15H26N4. The maximum absolute atomic E-state index is 4.21. The van der Waals surface area contributed by atoms with Crippen LogP contribution in [0.25, 0.3) is 0 Å². The topological polar surface area (TPSA) is 40.2 Å². The SMILES string of the molecule is CNc1cc(NCCCN2CCCCC2C)ccn1. The molecule has 106 valence electrons. The monoisotopic (exact) mass is 262 g/mol. The number of rotatable bonds is 6. The number of aromatic nitrogens is 1. The van der Waals surface area contributed by atoms with Crippen LogP contribution in [0.5, 0.6) is 0 Å². The van der Waals surface area contributed by atoms with Crippen LogP contribution in [0, 0.1) is 0 Å². The fraction of sp³-hybridized carbons (Fsp3) is 0.667. The molecule has 0 aliphatic carbocycles. The van der Waals surface area contributed by atoms with E-state index in [1.54, 1.807) is 0 Å². The fourth-order valence-corrected chi connectivity index (χ4v) is 2.68. The molecule has 0 spiro atoms. The van der Waals surface area contributed by atoms with E-state index in [0.717, 1.165) is 24.1 Å². The smallest absolute Gasteiger partial charge is 0.127 e. The lowest BCUT2D eigenvalue weighted by Gasteiger charge is -2.33. The van der Waals surface area contributed by atoms with Crippen LogP contribution >= 0.6 is 0 Å². The van der Waals surface area contributed by atoms with Crippen molar-refractivity contribution in [3.63, 3.8) is 0 Å². The van der Waals surface area contributed by atoms with Crippen LogP contribution in [0.3, 0.4) is 0 Å². The fourth-order valence-electron chi connectivity index (χ4n) is 2.68. The molecule has 2 heterocycles. The van der Waals surface area contributed by atoms with Gasteiger partial charge >= 0.3 is 0 Å². The molecule has 0 aromatic carbocycles. The summed E-state index contributed by atoms with van der Waals surface area (Å²) in [6, 6.07) is 4.83. The second kappa shape index (κ2) is 7.34. The molecule has 1 aliphatic rings. The highest BCUT2D eigenvalue weighted by atomic mass is 15.2. The van der Waals surface area contributed by atoms with Crippen molar-refractivity contribution in [1.82, 2.24) is 9.88 Å². The molecule has 19 heavy (non-hydrogen) atoms. The van der Waals surface area contributed by atoms with Gasteiger partial charge in [-0.2, -0.15) is 0 Å². The number of anilines is 2. The number of nitrogens with zero attached hydrogens (tertiary/aromatic N) is 2. The van der Waals surface area contributed by atoms with Crippen LogP contribution in [0.1, 0.15) is 32.6 Å². The van der Waals surface area contributed by atoms with Gasteiger partial charge in [0, 0.05) is 44.1 Å². The third-order valence-corrected chi connectivity index (χ3v) is 3.91. The Labute approximate surface area is 116 Å². The van der Waals surface area contributed by atoms with Gasteiger partial charge in [-0.1, -0.05) is 6.42 Å². The van der Waals surface area contributed by atoms with Crippen molar-refractivity contribution in [1.29, 1.82) is 0 Å². The van der Waals surface area contributed by atoms with Gasteiger partial charge in [-0.15, -0.1) is 0 Å². The lowest BCUT2D eigenvalue weighted by atomic mass is 10.0. The van der Waals surface area contributed by atoms with E-state index in [2.05, 4.69) is 27.4 Å². The molecule has 0 amide bonds. The quantitative estimate of drug-likeness (QED) is 0.773. The van der Waals surface area contributed by atoms with Gasteiger partial charge in [0.25, 0.3) is 0 Å². The standard InChI is InChI=1S/C15H26N4/c1-13-6-3-4-10-19(13)11-5-8-17-14-7-9-18-15(12-14)16-2/h7,9,12-13H,3-6,8,10-11H2,1-2H3,(H2,16,17,18). The highest BCUT2D eigenvalue weighted by molar-refractivity contribution is 5.51. The molecule has 1 unspecified atom stereocenters. The van der Waals surface area contributed by atoms with Crippen LogP contribution in [-0.4, -0.2) is 42.6 Å². The van der Waals surface area contributed by atoms with Gasteiger partial charge in [-0.05, 0) is 38.8 Å². The zero-order chi connectivity index (χ0) is 13.5. The molecule has 1 aromatic heterocycles. The highest BCUT2D eigenvalue weighted by Gasteiger charge is 2.16.